The van der Waals surface area contributed by atoms with Crippen LogP contribution in [0.4, 0.5) is 0 Å². The lowest BCUT2D eigenvalue weighted by molar-refractivity contribution is 0.128. The van der Waals surface area contributed by atoms with Gasteiger partial charge < -0.3 is 19.9 Å². The topological polar surface area (TPSA) is 71.7 Å². The van der Waals surface area contributed by atoms with Crippen LogP contribution < -0.4 is 10.6 Å². The lowest BCUT2D eigenvalue weighted by Crippen LogP contribution is -2.39. The van der Waals surface area contributed by atoms with Crippen molar-refractivity contribution in [2.75, 3.05) is 26.3 Å². The average molecular weight is 324 g/mol. The summed E-state index contributed by atoms with van der Waals surface area (Å²) < 4.78 is 10.9. The smallest absolute Gasteiger partial charge is 0.191 e. The van der Waals surface area contributed by atoms with Crippen molar-refractivity contribution in [3.05, 3.63) is 17.5 Å². The Morgan fingerprint density at radius 1 is 1.26 bits per heavy atom. The molecule has 0 aliphatic heterocycles. The van der Waals surface area contributed by atoms with E-state index in [1.165, 1.54) is 0 Å². The van der Waals surface area contributed by atoms with Gasteiger partial charge in [0.25, 0.3) is 0 Å². The van der Waals surface area contributed by atoms with E-state index in [2.05, 4.69) is 48.5 Å². The van der Waals surface area contributed by atoms with E-state index in [0.717, 1.165) is 43.5 Å². The normalized spacial score (nSPS) is 12.2. The molecule has 0 unspecified atom stereocenters. The molecule has 1 aromatic heterocycles. The first kappa shape index (κ1) is 19.5. The molecule has 2 N–H and O–H groups in total. The molecule has 0 aliphatic carbocycles. The lowest BCUT2D eigenvalue weighted by atomic mass is 10.1. The van der Waals surface area contributed by atoms with E-state index in [4.69, 9.17) is 9.26 Å². The van der Waals surface area contributed by atoms with Gasteiger partial charge in [0.2, 0.25) is 0 Å². The highest BCUT2D eigenvalue weighted by Crippen LogP contribution is 2.14. The fourth-order valence-corrected chi connectivity index (χ4v) is 1.84. The quantitative estimate of drug-likeness (QED) is 0.393. The second kappa shape index (κ2) is 11.0. The zero-order valence-electron chi connectivity index (χ0n) is 15.2. The molecule has 0 saturated carbocycles. The molecule has 0 spiro atoms. The third-order valence-electron chi connectivity index (χ3n) is 3.28. The highest BCUT2D eigenvalue weighted by molar-refractivity contribution is 5.79. The molecule has 0 aliphatic rings. The minimum absolute atomic E-state index is 0.367. The summed E-state index contributed by atoms with van der Waals surface area (Å²) in [5, 5.41) is 10.5. The molecule has 6 nitrogen and oxygen atoms in total. The minimum Gasteiger partial charge on any atom is -0.380 e. The number of aliphatic imine (C=N–C) groups is 1. The summed E-state index contributed by atoms with van der Waals surface area (Å²) in [4.78, 5) is 4.51. The van der Waals surface area contributed by atoms with E-state index >= 15 is 0 Å². The number of nitrogens with one attached hydrogen (secondary N) is 2. The number of hydrogen-bond donors (Lipinski definition) is 2. The lowest BCUT2D eigenvalue weighted by Gasteiger charge is -2.11. The van der Waals surface area contributed by atoms with Crippen molar-refractivity contribution in [2.45, 2.75) is 53.5 Å². The molecule has 0 aromatic carbocycles. The predicted octanol–water partition coefficient (Wildman–Crippen LogP) is 2.92. The monoisotopic (exact) mass is 324 g/mol. The van der Waals surface area contributed by atoms with Crippen LogP contribution in [0, 0.1) is 5.92 Å². The van der Waals surface area contributed by atoms with Gasteiger partial charge >= 0.3 is 0 Å². The van der Waals surface area contributed by atoms with Crippen LogP contribution in [0.2, 0.25) is 0 Å². The molecule has 0 fully saturated rings. The van der Waals surface area contributed by atoms with E-state index in [0.29, 0.717) is 25.0 Å². The molecule has 6 heteroatoms. The highest BCUT2D eigenvalue weighted by atomic mass is 16.5. The molecule has 132 valence electrons. The van der Waals surface area contributed by atoms with E-state index < -0.39 is 0 Å². The summed E-state index contributed by atoms with van der Waals surface area (Å²) in [5.41, 5.74) is 0.965. The molecule has 1 heterocycles. The molecule has 0 amide bonds. The predicted molar refractivity (Wildman–Crippen MR) is 93.7 cm³/mol. The molecule has 0 atom stereocenters. The van der Waals surface area contributed by atoms with Crippen molar-refractivity contribution in [2.24, 2.45) is 10.9 Å². The standard InChI is InChI=1S/C17H32N4O2/c1-6-18-17(19-8-10-22-9-7-13(2)3)20-12-15-11-16(14(4)5)21-23-15/h11,13-14H,6-10,12H2,1-5H3,(H2,18,19,20). The largest absolute Gasteiger partial charge is 0.380 e. The fourth-order valence-electron chi connectivity index (χ4n) is 1.84. The zero-order valence-corrected chi connectivity index (χ0v) is 15.2. The number of nitrogens with zero attached hydrogens (tertiary/aromatic N) is 2. The summed E-state index contributed by atoms with van der Waals surface area (Å²) in [7, 11) is 0. The second-order valence-corrected chi connectivity index (χ2v) is 6.29. The van der Waals surface area contributed by atoms with Crippen LogP contribution in [0.25, 0.3) is 0 Å². The molecule has 0 radical (unpaired) electrons. The van der Waals surface area contributed by atoms with E-state index in [1.54, 1.807) is 0 Å². The molecule has 1 aromatic rings. The summed E-state index contributed by atoms with van der Waals surface area (Å²) in [6.45, 7) is 14.1. The number of hydrogen-bond acceptors (Lipinski definition) is 4. The van der Waals surface area contributed by atoms with E-state index in [9.17, 15) is 0 Å². The van der Waals surface area contributed by atoms with Crippen molar-refractivity contribution in [1.29, 1.82) is 0 Å². The Hall–Kier alpha value is -1.56. The van der Waals surface area contributed by atoms with Gasteiger partial charge in [-0.25, -0.2) is 4.99 Å². The highest BCUT2D eigenvalue weighted by Gasteiger charge is 2.07. The van der Waals surface area contributed by atoms with Gasteiger partial charge in [-0.3, -0.25) is 0 Å². The van der Waals surface area contributed by atoms with Crippen molar-refractivity contribution in [3.8, 4) is 0 Å². The van der Waals surface area contributed by atoms with Gasteiger partial charge in [-0.15, -0.1) is 0 Å². The van der Waals surface area contributed by atoms with Crippen LogP contribution in [-0.2, 0) is 11.3 Å². The molecule has 1 rings (SSSR count). The maximum atomic E-state index is 5.59. The van der Waals surface area contributed by atoms with Crippen LogP contribution in [0.5, 0.6) is 0 Å². The Morgan fingerprint density at radius 3 is 2.65 bits per heavy atom. The molecular formula is C17H32N4O2. The Kier molecular flexibility index (Phi) is 9.36. The first-order valence-electron chi connectivity index (χ1n) is 8.58. The maximum Gasteiger partial charge on any atom is 0.191 e. The molecule has 0 bridgehead atoms. The zero-order chi connectivity index (χ0) is 17.1. The van der Waals surface area contributed by atoms with Crippen molar-refractivity contribution < 1.29 is 9.26 Å². The van der Waals surface area contributed by atoms with E-state index in [-0.39, 0.29) is 0 Å². The van der Waals surface area contributed by atoms with Crippen LogP contribution in [0.15, 0.2) is 15.6 Å². The Morgan fingerprint density at radius 2 is 2.04 bits per heavy atom. The van der Waals surface area contributed by atoms with Gasteiger partial charge in [-0.2, -0.15) is 0 Å². The molecular weight excluding hydrogens is 292 g/mol. The van der Waals surface area contributed by atoms with Gasteiger partial charge in [-0.1, -0.05) is 32.9 Å². The van der Waals surface area contributed by atoms with Gasteiger partial charge in [0, 0.05) is 25.8 Å². The summed E-state index contributed by atoms with van der Waals surface area (Å²) in [6, 6.07) is 1.97. The van der Waals surface area contributed by atoms with Crippen LogP contribution in [0.3, 0.4) is 0 Å². The van der Waals surface area contributed by atoms with E-state index in [1.807, 2.05) is 13.0 Å². The Bertz CT molecular complexity index is 455. The SMILES string of the molecule is CCNC(=NCc1cc(C(C)C)no1)NCCOCCC(C)C. The maximum absolute atomic E-state index is 5.59. The number of ether oxygens (including phenoxy) is 1. The van der Waals surface area contributed by atoms with Crippen LogP contribution in [-0.4, -0.2) is 37.4 Å². The van der Waals surface area contributed by atoms with Gasteiger partial charge in [0.15, 0.2) is 11.7 Å². The van der Waals surface area contributed by atoms with Gasteiger partial charge in [-0.05, 0) is 25.2 Å². The first-order valence-corrected chi connectivity index (χ1v) is 8.58. The van der Waals surface area contributed by atoms with Gasteiger partial charge in [0.1, 0.15) is 6.54 Å². The fraction of sp³-hybridized carbons (Fsp3) is 0.765. The van der Waals surface area contributed by atoms with Crippen LogP contribution in [0.1, 0.15) is 58.4 Å². The Balaban J connectivity index is 2.34. The average Bonchev–Trinajstić information content (AvgIpc) is 2.97. The minimum atomic E-state index is 0.367. The number of aromatic nitrogens is 1. The second-order valence-electron chi connectivity index (χ2n) is 6.29. The molecule has 23 heavy (non-hydrogen) atoms. The van der Waals surface area contributed by atoms with Gasteiger partial charge in [0.05, 0.1) is 12.3 Å². The van der Waals surface area contributed by atoms with Crippen molar-refractivity contribution in [3.63, 3.8) is 0 Å². The van der Waals surface area contributed by atoms with Crippen LogP contribution >= 0.6 is 0 Å². The molecule has 0 saturated heterocycles. The number of rotatable bonds is 10. The third kappa shape index (κ3) is 8.59. The summed E-state index contributed by atoms with van der Waals surface area (Å²) >= 11 is 0. The summed E-state index contributed by atoms with van der Waals surface area (Å²) in [6.07, 6.45) is 1.10. The third-order valence-corrected chi connectivity index (χ3v) is 3.28. The van der Waals surface area contributed by atoms with Crippen molar-refractivity contribution in [1.82, 2.24) is 15.8 Å². The first-order chi connectivity index (χ1) is 11.0. The van der Waals surface area contributed by atoms with Crippen molar-refractivity contribution >= 4 is 5.96 Å². The number of guanidine groups is 1. The summed E-state index contributed by atoms with van der Waals surface area (Å²) in [5.74, 6) is 2.59. The Labute approximate surface area is 140 Å².